The molecule has 0 saturated carbocycles. The summed E-state index contributed by atoms with van der Waals surface area (Å²) in [5.74, 6) is -1.12. The average molecular weight is 380 g/mol. The second kappa shape index (κ2) is 8.46. The van der Waals surface area contributed by atoms with Crippen LogP contribution < -0.4 is 5.32 Å². The van der Waals surface area contributed by atoms with E-state index >= 15 is 0 Å². The van der Waals surface area contributed by atoms with Crippen LogP contribution in [0.5, 0.6) is 0 Å². The summed E-state index contributed by atoms with van der Waals surface area (Å²) in [7, 11) is -0.733. The molecule has 0 saturated heterocycles. The van der Waals surface area contributed by atoms with Crippen LogP contribution in [-0.2, 0) is 24.3 Å². The van der Waals surface area contributed by atoms with Crippen LogP contribution in [0.15, 0.2) is 41.3 Å². The Balaban J connectivity index is 2.00. The fourth-order valence-electron chi connectivity index (χ4n) is 2.52. The van der Waals surface area contributed by atoms with Crippen LogP contribution in [0.1, 0.15) is 26.2 Å². The van der Waals surface area contributed by atoms with Crippen LogP contribution in [0.4, 0.5) is 5.69 Å². The molecule has 142 valence electrons. The van der Waals surface area contributed by atoms with E-state index in [0.717, 1.165) is 10.7 Å². The first-order valence-electron chi connectivity index (χ1n) is 8.40. The Labute approximate surface area is 154 Å². The maximum atomic E-state index is 12.3. The number of allylic oxidation sites excluding steroid dienone is 2. The SMILES string of the molecule is C[C@@H](OC(=O)[C@@H]1CC=CCC1)C(=O)Nc1cccc(S(=O)(=O)N(C)C)c1. The number of rotatable bonds is 6. The van der Waals surface area contributed by atoms with E-state index in [4.69, 9.17) is 4.74 Å². The highest BCUT2D eigenvalue weighted by Crippen LogP contribution is 2.21. The van der Waals surface area contributed by atoms with Crippen molar-refractivity contribution in [3.63, 3.8) is 0 Å². The van der Waals surface area contributed by atoms with E-state index in [9.17, 15) is 18.0 Å². The van der Waals surface area contributed by atoms with Crippen molar-refractivity contribution in [3.8, 4) is 0 Å². The number of hydrogen-bond donors (Lipinski definition) is 1. The quantitative estimate of drug-likeness (QED) is 0.603. The third-order valence-electron chi connectivity index (χ3n) is 4.14. The zero-order chi connectivity index (χ0) is 19.3. The van der Waals surface area contributed by atoms with E-state index in [1.165, 1.54) is 39.2 Å². The molecular weight excluding hydrogens is 356 g/mol. The zero-order valence-corrected chi connectivity index (χ0v) is 16.0. The third-order valence-corrected chi connectivity index (χ3v) is 5.96. The zero-order valence-electron chi connectivity index (χ0n) is 15.1. The van der Waals surface area contributed by atoms with Crippen molar-refractivity contribution in [1.82, 2.24) is 4.31 Å². The van der Waals surface area contributed by atoms with Crippen LogP contribution in [0.3, 0.4) is 0 Å². The molecule has 0 bridgehead atoms. The minimum absolute atomic E-state index is 0.0685. The lowest BCUT2D eigenvalue weighted by atomic mass is 9.95. The van der Waals surface area contributed by atoms with Gasteiger partial charge in [-0.05, 0) is 44.4 Å². The summed E-state index contributed by atoms with van der Waals surface area (Å²) < 4.78 is 30.7. The second-order valence-corrected chi connectivity index (χ2v) is 8.52. The molecule has 1 aromatic rings. The number of amides is 1. The molecule has 2 rings (SSSR count). The van der Waals surface area contributed by atoms with E-state index in [1.807, 2.05) is 12.2 Å². The van der Waals surface area contributed by atoms with Gasteiger partial charge in [-0.25, -0.2) is 12.7 Å². The third kappa shape index (κ3) is 4.92. The predicted octanol–water partition coefficient (Wildman–Crippen LogP) is 2.16. The molecule has 1 aromatic carbocycles. The summed E-state index contributed by atoms with van der Waals surface area (Å²) >= 11 is 0. The molecule has 0 heterocycles. The van der Waals surface area contributed by atoms with Gasteiger partial charge in [-0.3, -0.25) is 9.59 Å². The number of carbonyl (C=O) groups is 2. The van der Waals surface area contributed by atoms with E-state index < -0.39 is 22.0 Å². The lowest BCUT2D eigenvalue weighted by Crippen LogP contribution is -2.32. The van der Waals surface area contributed by atoms with Gasteiger partial charge in [-0.15, -0.1) is 0 Å². The summed E-state index contributed by atoms with van der Waals surface area (Å²) in [6, 6.07) is 5.93. The number of carbonyl (C=O) groups excluding carboxylic acids is 2. The fourth-order valence-corrected chi connectivity index (χ4v) is 3.47. The van der Waals surface area contributed by atoms with Gasteiger partial charge in [-0.1, -0.05) is 18.2 Å². The summed E-state index contributed by atoms with van der Waals surface area (Å²) in [5.41, 5.74) is 0.321. The molecule has 0 radical (unpaired) electrons. The van der Waals surface area contributed by atoms with Crippen LogP contribution >= 0.6 is 0 Å². The van der Waals surface area contributed by atoms with Crippen molar-refractivity contribution in [3.05, 3.63) is 36.4 Å². The smallest absolute Gasteiger partial charge is 0.310 e. The van der Waals surface area contributed by atoms with Crippen molar-refractivity contribution in [1.29, 1.82) is 0 Å². The Kier molecular flexibility index (Phi) is 6.55. The van der Waals surface area contributed by atoms with Gasteiger partial charge in [0.15, 0.2) is 6.10 Å². The molecule has 0 spiro atoms. The monoisotopic (exact) mass is 380 g/mol. The normalized spacial score (nSPS) is 18.4. The van der Waals surface area contributed by atoms with Crippen molar-refractivity contribution >= 4 is 27.6 Å². The highest BCUT2D eigenvalue weighted by Gasteiger charge is 2.25. The number of ether oxygens (including phenoxy) is 1. The first kappa shape index (κ1) is 20.1. The van der Waals surface area contributed by atoms with Crippen molar-refractivity contribution < 1.29 is 22.7 Å². The number of benzene rings is 1. The van der Waals surface area contributed by atoms with Gasteiger partial charge < -0.3 is 10.1 Å². The van der Waals surface area contributed by atoms with Gasteiger partial charge >= 0.3 is 5.97 Å². The Hall–Kier alpha value is -2.19. The van der Waals surface area contributed by atoms with E-state index in [0.29, 0.717) is 18.5 Å². The summed E-state index contributed by atoms with van der Waals surface area (Å²) in [6.45, 7) is 1.49. The van der Waals surface area contributed by atoms with Crippen LogP contribution in [0.2, 0.25) is 0 Å². The minimum atomic E-state index is -3.60. The molecule has 1 aliphatic rings. The molecule has 1 amide bonds. The van der Waals surface area contributed by atoms with Gasteiger partial charge in [0.1, 0.15) is 0 Å². The highest BCUT2D eigenvalue weighted by atomic mass is 32.2. The van der Waals surface area contributed by atoms with Gasteiger partial charge in [0, 0.05) is 19.8 Å². The Morgan fingerprint density at radius 1 is 1.27 bits per heavy atom. The Bertz CT molecular complexity index is 802. The number of esters is 1. The van der Waals surface area contributed by atoms with Crippen LogP contribution in [-0.4, -0.2) is 44.8 Å². The summed E-state index contributed by atoms with van der Waals surface area (Å²) in [5, 5.41) is 2.59. The van der Waals surface area contributed by atoms with E-state index in [2.05, 4.69) is 5.32 Å². The molecule has 0 unspecified atom stereocenters. The summed E-state index contributed by atoms with van der Waals surface area (Å²) in [4.78, 5) is 24.4. The number of nitrogens with zero attached hydrogens (tertiary/aromatic N) is 1. The van der Waals surface area contributed by atoms with Crippen molar-refractivity contribution in [2.75, 3.05) is 19.4 Å². The highest BCUT2D eigenvalue weighted by molar-refractivity contribution is 7.89. The number of nitrogens with one attached hydrogen (secondary N) is 1. The molecule has 2 atom stereocenters. The first-order chi connectivity index (χ1) is 12.2. The number of sulfonamides is 1. The molecular formula is C18H24N2O5S. The van der Waals surface area contributed by atoms with Crippen LogP contribution in [0, 0.1) is 5.92 Å². The molecule has 0 aliphatic heterocycles. The van der Waals surface area contributed by atoms with Crippen LogP contribution in [0.25, 0.3) is 0 Å². The predicted molar refractivity (Wildman–Crippen MR) is 98.0 cm³/mol. The fraction of sp³-hybridized carbons (Fsp3) is 0.444. The molecule has 1 N–H and O–H groups in total. The summed E-state index contributed by atoms with van der Waals surface area (Å²) in [6.07, 6.45) is 5.16. The largest absolute Gasteiger partial charge is 0.452 e. The molecule has 8 heteroatoms. The van der Waals surface area contributed by atoms with Gasteiger partial charge in [-0.2, -0.15) is 0 Å². The minimum Gasteiger partial charge on any atom is -0.452 e. The number of anilines is 1. The molecule has 26 heavy (non-hydrogen) atoms. The van der Waals surface area contributed by atoms with Gasteiger partial charge in [0.2, 0.25) is 10.0 Å². The van der Waals surface area contributed by atoms with E-state index in [-0.39, 0.29) is 16.8 Å². The Morgan fingerprint density at radius 2 is 2.00 bits per heavy atom. The lowest BCUT2D eigenvalue weighted by Gasteiger charge is -2.20. The molecule has 0 fully saturated rings. The number of hydrogen-bond acceptors (Lipinski definition) is 5. The second-order valence-electron chi connectivity index (χ2n) is 6.37. The molecule has 7 nitrogen and oxygen atoms in total. The van der Waals surface area contributed by atoms with Gasteiger partial charge in [0.25, 0.3) is 5.91 Å². The maximum absolute atomic E-state index is 12.3. The average Bonchev–Trinajstić information content (AvgIpc) is 2.62. The topological polar surface area (TPSA) is 92.8 Å². The maximum Gasteiger partial charge on any atom is 0.310 e. The van der Waals surface area contributed by atoms with E-state index in [1.54, 1.807) is 6.07 Å². The van der Waals surface area contributed by atoms with Crippen molar-refractivity contribution in [2.45, 2.75) is 37.2 Å². The standard InChI is InChI=1S/C18H24N2O5S/c1-13(25-18(22)14-8-5-4-6-9-14)17(21)19-15-10-7-11-16(12-15)26(23,24)20(2)3/h4-5,7,10-14H,6,8-9H2,1-3H3,(H,19,21)/t13-,14-/m1/s1. The van der Waals surface area contributed by atoms with Gasteiger partial charge in [0.05, 0.1) is 10.8 Å². The lowest BCUT2D eigenvalue weighted by molar-refractivity contribution is -0.157. The Morgan fingerprint density at radius 3 is 2.62 bits per heavy atom. The molecule has 1 aliphatic carbocycles. The first-order valence-corrected chi connectivity index (χ1v) is 9.84. The molecule has 0 aromatic heterocycles. The van der Waals surface area contributed by atoms with Crippen molar-refractivity contribution in [2.24, 2.45) is 5.92 Å².